The molecule has 4 nitrogen and oxygen atoms in total. The molecule has 0 radical (unpaired) electrons. The lowest BCUT2D eigenvalue weighted by molar-refractivity contribution is 0.424. The van der Waals surface area contributed by atoms with Gasteiger partial charge in [-0.05, 0) is 38.5 Å². The molecule has 0 bridgehead atoms. The van der Waals surface area contributed by atoms with Gasteiger partial charge in [0.05, 0.1) is 0 Å². The average Bonchev–Trinajstić information content (AvgIpc) is 2.73. The summed E-state index contributed by atoms with van der Waals surface area (Å²) >= 11 is 1.62. The number of hydrogen-bond acceptors (Lipinski definition) is 4. The largest absolute Gasteiger partial charge is 0.308 e. The van der Waals surface area contributed by atoms with Crippen molar-refractivity contribution < 1.29 is 0 Å². The quantitative estimate of drug-likeness (QED) is 0.932. The Balaban J connectivity index is 1.97. The van der Waals surface area contributed by atoms with Crippen molar-refractivity contribution in [3.63, 3.8) is 0 Å². The molecule has 1 N–H and O–H groups in total. The van der Waals surface area contributed by atoms with Crippen molar-refractivity contribution in [3.05, 3.63) is 36.2 Å². The van der Waals surface area contributed by atoms with Gasteiger partial charge in [0.2, 0.25) is 0 Å². The SMILES string of the molecule is Cn1ncnc1Sc1ccc(CNC(C)(C)C)cc1. The van der Waals surface area contributed by atoms with E-state index < -0.39 is 0 Å². The van der Waals surface area contributed by atoms with Crippen molar-refractivity contribution in [1.29, 1.82) is 0 Å². The molecular weight excluding hydrogens is 256 g/mol. The van der Waals surface area contributed by atoms with Crippen LogP contribution in [-0.4, -0.2) is 20.3 Å². The fourth-order valence-electron chi connectivity index (χ4n) is 1.53. The third kappa shape index (κ3) is 4.36. The van der Waals surface area contributed by atoms with Gasteiger partial charge in [0, 0.05) is 24.0 Å². The molecule has 0 spiro atoms. The second-order valence-electron chi connectivity index (χ2n) is 5.52. The predicted molar refractivity (Wildman–Crippen MR) is 78.2 cm³/mol. The van der Waals surface area contributed by atoms with E-state index in [2.05, 4.69) is 60.4 Å². The van der Waals surface area contributed by atoms with Crippen molar-refractivity contribution in [2.45, 2.75) is 42.9 Å². The zero-order valence-corrected chi connectivity index (χ0v) is 12.7. The molecule has 2 aromatic rings. The first-order chi connectivity index (χ1) is 8.94. The number of nitrogens with one attached hydrogen (secondary N) is 1. The Bertz CT molecular complexity index is 525. The number of aryl methyl sites for hydroxylation is 1. The van der Waals surface area contributed by atoms with Gasteiger partial charge in [-0.1, -0.05) is 23.9 Å². The first-order valence-electron chi connectivity index (χ1n) is 6.30. The highest BCUT2D eigenvalue weighted by Gasteiger charge is 2.08. The summed E-state index contributed by atoms with van der Waals surface area (Å²) in [5.74, 6) is 0. The van der Waals surface area contributed by atoms with Gasteiger partial charge in [-0.3, -0.25) is 0 Å². The molecule has 0 unspecified atom stereocenters. The average molecular weight is 276 g/mol. The Morgan fingerprint density at radius 3 is 2.42 bits per heavy atom. The lowest BCUT2D eigenvalue weighted by Crippen LogP contribution is -2.35. The summed E-state index contributed by atoms with van der Waals surface area (Å²) in [5, 5.41) is 8.44. The van der Waals surface area contributed by atoms with E-state index in [1.807, 2.05) is 7.05 Å². The third-order valence-electron chi connectivity index (χ3n) is 2.63. The van der Waals surface area contributed by atoms with Crippen molar-refractivity contribution in [3.8, 4) is 0 Å². The van der Waals surface area contributed by atoms with E-state index in [1.54, 1.807) is 22.8 Å². The maximum Gasteiger partial charge on any atom is 0.190 e. The van der Waals surface area contributed by atoms with E-state index in [4.69, 9.17) is 0 Å². The molecular formula is C14H20N4S. The minimum absolute atomic E-state index is 0.145. The van der Waals surface area contributed by atoms with Crippen LogP contribution in [0.5, 0.6) is 0 Å². The normalized spacial score (nSPS) is 11.8. The van der Waals surface area contributed by atoms with Gasteiger partial charge in [0.1, 0.15) is 6.33 Å². The highest BCUT2D eigenvalue weighted by atomic mass is 32.2. The van der Waals surface area contributed by atoms with Gasteiger partial charge in [-0.2, -0.15) is 5.10 Å². The molecule has 0 saturated heterocycles. The fourth-order valence-corrected chi connectivity index (χ4v) is 2.29. The Morgan fingerprint density at radius 2 is 1.89 bits per heavy atom. The molecule has 0 fully saturated rings. The lowest BCUT2D eigenvalue weighted by Gasteiger charge is -2.20. The number of benzene rings is 1. The molecule has 1 heterocycles. The van der Waals surface area contributed by atoms with Gasteiger partial charge in [0.15, 0.2) is 5.16 Å². The molecule has 0 amide bonds. The van der Waals surface area contributed by atoms with Gasteiger partial charge < -0.3 is 5.32 Å². The summed E-state index contributed by atoms with van der Waals surface area (Å²) in [4.78, 5) is 5.38. The maximum absolute atomic E-state index is 4.20. The van der Waals surface area contributed by atoms with Gasteiger partial charge >= 0.3 is 0 Å². The summed E-state index contributed by atoms with van der Waals surface area (Å²) < 4.78 is 1.78. The molecule has 0 aliphatic heterocycles. The van der Waals surface area contributed by atoms with E-state index in [9.17, 15) is 0 Å². The summed E-state index contributed by atoms with van der Waals surface area (Å²) in [7, 11) is 1.90. The van der Waals surface area contributed by atoms with Crippen LogP contribution < -0.4 is 5.32 Å². The zero-order valence-electron chi connectivity index (χ0n) is 11.8. The zero-order chi connectivity index (χ0) is 13.9. The smallest absolute Gasteiger partial charge is 0.190 e. The van der Waals surface area contributed by atoms with Crippen LogP contribution in [0.4, 0.5) is 0 Å². The van der Waals surface area contributed by atoms with Crippen molar-refractivity contribution in [2.75, 3.05) is 0 Å². The van der Waals surface area contributed by atoms with Crippen molar-refractivity contribution in [2.24, 2.45) is 7.05 Å². The number of nitrogens with zero attached hydrogens (tertiary/aromatic N) is 3. The summed E-state index contributed by atoms with van der Waals surface area (Å²) in [6.07, 6.45) is 1.57. The van der Waals surface area contributed by atoms with Crippen LogP contribution in [0.15, 0.2) is 40.6 Å². The highest BCUT2D eigenvalue weighted by molar-refractivity contribution is 7.99. The third-order valence-corrected chi connectivity index (χ3v) is 3.69. The summed E-state index contributed by atoms with van der Waals surface area (Å²) in [5.41, 5.74) is 1.43. The van der Waals surface area contributed by atoms with Gasteiger partial charge in [-0.25, -0.2) is 9.67 Å². The first kappa shape index (κ1) is 14.1. The van der Waals surface area contributed by atoms with E-state index >= 15 is 0 Å². The van der Waals surface area contributed by atoms with E-state index in [0.29, 0.717) is 0 Å². The monoisotopic (exact) mass is 276 g/mol. The second-order valence-corrected chi connectivity index (χ2v) is 6.56. The van der Waals surface area contributed by atoms with E-state index in [-0.39, 0.29) is 5.54 Å². The molecule has 1 aromatic carbocycles. The van der Waals surface area contributed by atoms with Crippen LogP contribution >= 0.6 is 11.8 Å². The molecule has 102 valence electrons. The fraction of sp³-hybridized carbons (Fsp3) is 0.429. The highest BCUT2D eigenvalue weighted by Crippen LogP contribution is 2.25. The summed E-state index contributed by atoms with van der Waals surface area (Å²) in [6, 6.07) is 8.55. The van der Waals surface area contributed by atoms with Gasteiger partial charge in [0.25, 0.3) is 0 Å². The van der Waals surface area contributed by atoms with E-state index in [0.717, 1.165) is 11.7 Å². The second kappa shape index (κ2) is 5.75. The van der Waals surface area contributed by atoms with Crippen molar-refractivity contribution >= 4 is 11.8 Å². The van der Waals surface area contributed by atoms with Crippen molar-refractivity contribution in [1.82, 2.24) is 20.1 Å². The molecule has 0 atom stereocenters. The Kier molecular flexibility index (Phi) is 4.27. The van der Waals surface area contributed by atoms with Crippen LogP contribution in [-0.2, 0) is 13.6 Å². The maximum atomic E-state index is 4.20. The summed E-state index contributed by atoms with van der Waals surface area (Å²) in [6.45, 7) is 7.40. The standard InChI is InChI=1S/C14H20N4S/c1-14(2,3)16-9-11-5-7-12(8-6-11)19-13-15-10-17-18(13)4/h5-8,10,16H,9H2,1-4H3. The van der Waals surface area contributed by atoms with Gasteiger partial charge in [-0.15, -0.1) is 0 Å². The van der Waals surface area contributed by atoms with Crippen LogP contribution in [0.3, 0.4) is 0 Å². The van der Waals surface area contributed by atoms with Crippen LogP contribution in [0.25, 0.3) is 0 Å². The molecule has 2 rings (SSSR count). The van der Waals surface area contributed by atoms with E-state index in [1.165, 1.54) is 10.5 Å². The number of aromatic nitrogens is 3. The van der Waals surface area contributed by atoms with Crippen LogP contribution in [0.1, 0.15) is 26.3 Å². The molecule has 0 saturated carbocycles. The number of rotatable bonds is 4. The molecule has 5 heteroatoms. The topological polar surface area (TPSA) is 42.7 Å². The molecule has 0 aliphatic rings. The van der Waals surface area contributed by atoms with Crippen LogP contribution in [0.2, 0.25) is 0 Å². The Labute approximate surface area is 118 Å². The Morgan fingerprint density at radius 1 is 1.21 bits per heavy atom. The predicted octanol–water partition coefficient (Wildman–Crippen LogP) is 2.85. The minimum atomic E-state index is 0.145. The molecule has 0 aliphatic carbocycles. The molecule has 1 aromatic heterocycles. The minimum Gasteiger partial charge on any atom is -0.308 e. The number of hydrogen-bond donors (Lipinski definition) is 1. The lowest BCUT2D eigenvalue weighted by atomic mass is 10.1. The van der Waals surface area contributed by atoms with Crippen LogP contribution in [0, 0.1) is 0 Å². The Hall–Kier alpha value is -1.33. The molecule has 19 heavy (non-hydrogen) atoms. The first-order valence-corrected chi connectivity index (χ1v) is 7.11.